The number of hydrogen-bond acceptors (Lipinski definition) is 5. The summed E-state index contributed by atoms with van der Waals surface area (Å²) in [5.41, 5.74) is -3.64. The van der Waals surface area contributed by atoms with Crippen LogP contribution in [-0.2, 0) is 9.53 Å². The minimum atomic E-state index is -5.23. The van der Waals surface area contributed by atoms with Crippen molar-refractivity contribution < 1.29 is 31.9 Å². The number of amides is 1. The molecule has 1 atom stereocenters. The lowest BCUT2D eigenvalue weighted by Gasteiger charge is -2.35. The fraction of sp³-hybridized carbons (Fsp3) is 0.250. The highest BCUT2D eigenvalue weighted by atomic mass is 35.5. The molecule has 0 fully saturated rings. The van der Waals surface area contributed by atoms with Gasteiger partial charge in [0.15, 0.2) is 5.76 Å². The van der Waals surface area contributed by atoms with Crippen LogP contribution in [0.5, 0.6) is 0 Å². The number of furan rings is 1. The van der Waals surface area contributed by atoms with E-state index in [1.807, 2.05) is 5.32 Å². The van der Waals surface area contributed by atoms with E-state index in [9.17, 15) is 22.8 Å². The molecule has 1 aromatic heterocycles. The maximum absolute atomic E-state index is 13.9. The maximum atomic E-state index is 13.9. The lowest BCUT2D eigenvalue weighted by atomic mass is 10.1. The summed E-state index contributed by atoms with van der Waals surface area (Å²) >= 11 is 5.71. The predicted octanol–water partition coefficient (Wildman–Crippen LogP) is 3.60. The van der Waals surface area contributed by atoms with Gasteiger partial charge < -0.3 is 19.8 Å². The van der Waals surface area contributed by atoms with Gasteiger partial charge in [-0.05, 0) is 43.3 Å². The van der Waals surface area contributed by atoms with Crippen molar-refractivity contribution in [1.29, 1.82) is 0 Å². The molecule has 140 valence electrons. The number of benzene rings is 1. The molecule has 1 aromatic carbocycles. The number of halogens is 4. The van der Waals surface area contributed by atoms with Gasteiger partial charge in [-0.25, -0.2) is 4.79 Å². The first-order valence-electron chi connectivity index (χ1n) is 7.33. The molecule has 6 nitrogen and oxygen atoms in total. The molecule has 0 radical (unpaired) electrons. The van der Waals surface area contributed by atoms with Crippen LogP contribution in [0.15, 0.2) is 47.1 Å². The first-order valence-corrected chi connectivity index (χ1v) is 7.71. The normalized spacial score (nSPS) is 13.6. The Balaban J connectivity index is 2.47. The summed E-state index contributed by atoms with van der Waals surface area (Å²) in [4.78, 5) is 24.4. The summed E-state index contributed by atoms with van der Waals surface area (Å²) < 4.78 is 51.0. The second-order valence-electron chi connectivity index (χ2n) is 5.03. The SMILES string of the molecule is CCOC(=O)[C@@](NC(=O)c1ccco1)(Nc1ccc(Cl)cc1)C(F)(F)F. The summed E-state index contributed by atoms with van der Waals surface area (Å²) in [6.45, 7) is 1.02. The van der Waals surface area contributed by atoms with Crippen molar-refractivity contribution in [3.05, 3.63) is 53.4 Å². The van der Waals surface area contributed by atoms with Crippen molar-refractivity contribution in [3.63, 3.8) is 0 Å². The molecule has 1 heterocycles. The van der Waals surface area contributed by atoms with Crippen molar-refractivity contribution in [3.8, 4) is 0 Å². The van der Waals surface area contributed by atoms with Gasteiger partial charge in [0.1, 0.15) is 0 Å². The van der Waals surface area contributed by atoms with Crippen LogP contribution in [0.3, 0.4) is 0 Å². The molecule has 2 aromatic rings. The fourth-order valence-electron chi connectivity index (χ4n) is 2.02. The van der Waals surface area contributed by atoms with Crippen LogP contribution in [0.25, 0.3) is 0 Å². The number of ether oxygens (including phenoxy) is 1. The Kier molecular flexibility index (Phi) is 5.81. The van der Waals surface area contributed by atoms with E-state index in [-0.39, 0.29) is 17.3 Å². The molecular formula is C16H14ClF3N2O4. The van der Waals surface area contributed by atoms with Crippen molar-refractivity contribution >= 4 is 29.2 Å². The topological polar surface area (TPSA) is 80.6 Å². The van der Waals surface area contributed by atoms with E-state index >= 15 is 0 Å². The van der Waals surface area contributed by atoms with Gasteiger partial charge in [0.05, 0.1) is 12.9 Å². The molecule has 2 N–H and O–H groups in total. The van der Waals surface area contributed by atoms with E-state index in [4.69, 9.17) is 16.0 Å². The van der Waals surface area contributed by atoms with Crippen molar-refractivity contribution in [2.45, 2.75) is 18.8 Å². The van der Waals surface area contributed by atoms with E-state index in [2.05, 4.69) is 4.74 Å². The highest BCUT2D eigenvalue weighted by Gasteiger charge is 2.63. The molecule has 0 aliphatic heterocycles. The number of carbonyl (C=O) groups is 2. The molecule has 0 aliphatic carbocycles. The molecule has 0 unspecified atom stereocenters. The molecule has 0 saturated carbocycles. The molecule has 0 aliphatic rings. The number of alkyl halides is 3. The van der Waals surface area contributed by atoms with Crippen LogP contribution in [0.2, 0.25) is 5.02 Å². The predicted molar refractivity (Wildman–Crippen MR) is 86.7 cm³/mol. The van der Waals surface area contributed by atoms with Crippen LogP contribution >= 0.6 is 11.6 Å². The summed E-state index contributed by atoms with van der Waals surface area (Å²) in [5, 5.41) is 3.93. The number of rotatable bonds is 6. The number of anilines is 1. The van der Waals surface area contributed by atoms with E-state index < -0.39 is 29.5 Å². The molecule has 0 spiro atoms. The zero-order chi connectivity index (χ0) is 19.4. The van der Waals surface area contributed by atoms with Crippen LogP contribution in [0, 0.1) is 0 Å². The van der Waals surface area contributed by atoms with Gasteiger partial charge >= 0.3 is 17.8 Å². The third kappa shape index (κ3) is 4.10. The molecule has 0 bridgehead atoms. The van der Waals surface area contributed by atoms with Crippen molar-refractivity contribution in [1.82, 2.24) is 5.32 Å². The van der Waals surface area contributed by atoms with Crippen LogP contribution in [0.4, 0.5) is 18.9 Å². The van der Waals surface area contributed by atoms with E-state index in [0.717, 1.165) is 12.3 Å². The average molecular weight is 391 g/mol. The summed E-state index contributed by atoms with van der Waals surface area (Å²) in [5.74, 6) is -3.37. The summed E-state index contributed by atoms with van der Waals surface area (Å²) in [6.07, 6.45) is -4.12. The lowest BCUT2D eigenvalue weighted by Crippen LogP contribution is -2.69. The Bertz CT molecular complexity index is 763. The zero-order valence-corrected chi connectivity index (χ0v) is 14.1. The second kappa shape index (κ2) is 7.69. The van der Waals surface area contributed by atoms with Gasteiger partial charge in [0, 0.05) is 10.7 Å². The summed E-state index contributed by atoms with van der Waals surface area (Å²) in [7, 11) is 0. The molecular weight excluding hydrogens is 377 g/mol. The van der Waals surface area contributed by atoms with Gasteiger partial charge in [-0.2, -0.15) is 13.2 Å². The van der Waals surface area contributed by atoms with Gasteiger partial charge in [0.2, 0.25) is 0 Å². The van der Waals surface area contributed by atoms with E-state index in [1.165, 1.54) is 37.3 Å². The average Bonchev–Trinajstić information content (AvgIpc) is 3.10. The first kappa shape index (κ1) is 19.6. The van der Waals surface area contributed by atoms with Gasteiger partial charge in [-0.15, -0.1) is 0 Å². The third-order valence-electron chi connectivity index (χ3n) is 3.23. The molecule has 1 amide bonds. The lowest BCUT2D eigenvalue weighted by molar-refractivity contribution is -0.204. The Labute approximate surface area is 151 Å². The van der Waals surface area contributed by atoms with Gasteiger partial charge in [-0.3, -0.25) is 4.79 Å². The van der Waals surface area contributed by atoms with Crippen molar-refractivity contribution in [2.75, 3.05) is 11.9 Å². The van der Waals surface area contributed by atoms with Crippen molar-refractivity contribution in [2.24, 2.45) is 0 Å². The highest BCUT2D eigenvalue weighted by molar-refractivity contribution is 6.30. The quantitative estimate of drug-likeness (QED) is 0.582. The van der Waals surface area contributed by atoms with Gasteiger partial charge in [-0.1, -0.05) is 11.6 Å². The van der Waals surface area contributed by atoms with Gasteiger partial charge in [0.25, 0.3) is 5.91 Å². The standard InChI is InChI=1S/C16H14ClF3N2O4/c1-2-25-14(24)15(16(18,19)20,21-11-7-5-10(17)6-8-11)22-13(23)12-4-3-9-26-12/h3-9,21H,2H2,1H3,(H,22,23)/t15-/m0/s1. The highest BCUT2D eigenvalue weighted by Crippen LogP contribution is 2.33. The minimum absolute atomic E-state index is 0.112. The number of hydrogen-bond donors (Lipinski definition) is 2. The van der Waals surface area contributed by atoms with Crippen LogP contribution in [0.1, 0.15) is 17.5 Å². The smallest absolute Gasteiger partial charge is 0.441 e. The fourth-order valence-corrected chi connectivity index (χ4v) is 2.15. The third-order valence-corrected chi connectivity index (χ3v) is 3.48. The second-order valence-corrected chi connectivity index (χ2v) is 5.47. The van der Waals surface area contributed by atoms with E-state index in [1.54, 1.807) is 5.32 Å². The molecule has 2 rings (SSSR count). The molecule has 0 saturated heterocycles. The largest absolute Gasteiger partial charge is 0.463 e. The number of carbonyl (C=O) groups excluding carboxylic acids is 2. The number of esters is 1. The first-order chi connectivity index (χ1) is 12.2. The Morgan fingerprint density at radius 1 is 1.19 bits per heavy atom. The zero-order valence-electron chi connectivity index (χ0n) is 13.4. The van der Waals surface area contributed by atoms with Crippen LogP contribution in [-0.4, -0.2) is 30.3 Å². The molecule has 10 heteroatoms. The Morgan fingerprint density at radius 2 is 1.85 bits per heavy atom. The molecule has 26 heavy (non-hydrogen) atoms. The van der Waals surface area contributed by atoms with Crippen LogP contribution < -0.4 is 10.6 Å². The number of nitrogens with one attached hydrogen (secondary N) is 2. The maximum Gasteiger partial charge on any atom is 0.441 e. The Hall–Kier alpha value is -2.68. The monoisotopic (exact) mass is 390 g/mol. The van der Waals surface area contributed by atoms with E-state index in [0.29, 0.717) is 0 Å². The minimum Gasteiger partial charge on any atom is -0.463 e. The Morgan fingerprint density at radius 3 is 2.35 bits per heavy atom. The summed E-state index contributed by atoms with van der Waals surface area (Å²) in [6, 6.07) is 7.57.